The van der Waals surface area contributed by atoms with E-state index < -0.39 is 5.25 Å². The topological polar surface area (TPSA) is 85.0 Å². The van der Waals surface area contributed by atoms with Crippen LogP contribution in [0.15, 0.2) is 54.6 Å². The second kappa shape index (κ2) is 14.0. The molecule has 2 N–H and O–H groups in total. The number of piperidine rings is 2. The van der Waals surface area contributed by atoms with Crippen molar-refractivity contribution in [2.75, 3.05) is 44.6 Å². The Labute approximate surface area is 269 Å². The van der Waals surface area contributed by atoms with Gasteiger partial charge in [0.2, 0.25) is 11.8 Å². The number of carbonyl (C=O) groups excluding carboxylic acids is 3. The number of nitrogens with one attached hydrogen (secondary N) is 2. The number of hydrogen-bond donors (Lipinski definition) is 2. The van der Waals surface area contributed by atoms with Crippen molar-refractivity contribution in [3.05, 3.63) is 77.1 Å². The molecule has 6 rings (SSSR count). The number of para-hydroxylation sites is 1. The van der Waals surface area contributed by atoms with Gasteiger partial charge in [-0.25, -0.2) is 9.18 Å². The van der Waals surface area contributed by atoms with Crippen molar-refractivity contribution in [1.82, 2.24) is 20.0 Å². The average Bonchev–Trinajstić information content (AvgIpc) is 3.24. The fourth-order valence-electron chi connectivity index (χ4n) is 7.27. The number of anilines is 1. The van der Waals surface area contributed by atoms with Crippen LogP contribution < -0.4 is 10.6 Å². The highest BCUT2D eigenvalue weighted by Gasteiger charge is 2.44. The molecule has 0 saturated carbocycles. The number of amides is 4. The summed E-state index contributed by atoms with van der Waals surface area (Å²) in [5, 5.41) is 5.55. The molecule has 0 aromatic heterocycles. The van der Waals surface area contributed by atoms with Crippen molar-refractivity contribution in [3.63, 3.8) is 0 Å². The maximum atomic E-state index is 15.4. The van der Waals surface area contributed by atoms with E-state index in [4.69, 9.17) is 0 Å². The highest BCUT2D eigenvalue weighted by molar-refractivity contribution is 8.01. The van der Waals surface area contributed by atoms with Crippen molar-refractivity contribution in [3.8, 4) is 0 Å². The molecule has 2 atom stereocenters. The Balaban J connectivity index is 1.12. The van der Waals surface area contributed by atoms with Crippen molar-refractivity contribution in [2.45, 2.75) is 74.5 Å². The van der Waals surface area contributed by atoms with Crippen LogP contribution in [0, 0.1) is 5.82 Å². The van der Waals surface area contributed by atoms with Crippen LogP contribution in [0.25, 0.3) is 0 Å². The number of urea groups is 1. The van der Waals surface area contributed by atoms with Crippen LogP contribution in [0.5, 0.6) is 0 Å². The molecule has 4 heterocycles. The van der Waals surface area contributed by atoms with Crippen LogP contribution in [0.2, 0.25) is 0 Å². The molecule has 2 aromatic rings. The minimum absolute atomic E-state index is 0.0367. The van der Waals surface area contributed by atoms with Gasteiger partial charge in [-0.2, -0.15) is 0 Å². The number of thioether (sulfide) groups is 1. The summed E-state index contributed by atoms with van der Waals surface area (Å²) in [6, 6.07) is 13.1. The van der Waals surface area contributed by atoms with Gasteiger partial charge in [-0.1, -0.05) is 35.9 Å². The monoisotopic (exact) mass is 633 g/mol. The highest BCUT2D eigenvalue weighted by atomic mass is 32.2. The van der Waals surface area contributed by atoms with Crippen LogP contribution in [0.4, 0.5) is 14.9 Å². The third kappa shape index (κ3) is 6.92. The third-order valence-electron chi connectivity index (χ3n) is 9.77. The lowest BCUT2D eigenvalue weighted by Crippen LogP contribution is -2.50. The molecule has 4 aliphatic heterocycles. The van der Waals surface area contributed by atoms with Crippen molar-refractivity contribution in [2.24, 2.45) is 0 Å². The van der Waals surface area contributed by atoms with Crippen LogP contribution in [0.3, 0.4) is 0 Å². The lowest BCUT2D eigenvalue weighted by atomic mass is 9.86. The standard InChI is InChI=1S/C35H44FN5O3S/c1-23(2)12-20-41-33(43)30(45-34(41)27-7-5-8-28(36)32(27)25-10-16-37-17-11-25)22-31(42)39-18-14-26(15-19-39)40-21-13-24-6-3-4-9-29(24)38-35(40)44/h3-9,25-26,30,34,37H,1,10-22H2,2H3,(H,38,44)/t30-,34-/m0/s1. The van der Waals surface area contributed by atoms with Crippen molar-refractivity contribution < 1.29 is 18.8 Å². The summed E-state index contributed by atoms with van der Waals surface area (Å²) in [6.45, 7) is 9.92. The molecule has 0 unspecified atom stereocenters. The highest BCUT2D eigenvalue weighted by Crippen LogP contribution is 2.48. The molecule has 4 aliphatic rings. The van der Waals surface area contributed by atoms with Crippen molar-refractivity contribution in [1.29, 1.82) is 0 Å². The number of hydrogen-bond acceptors (Lipinski definition) is 5. The molecule has 2 aromatic carbocycles. The van der Waals surface area contributed by atoms with E-state index in [1.807, 2.05) is 45.9 Å². The number of nitrogens with zero attached hydrogens (tertiary/aromatic N) is 3. The number of carbonyl (C=O) groups is 3. The van der Waals surface area contributed by atoms with E-state index in [-0.39, 0.29) is 47.4 Å². The van der Waals surface area contributed by atoms with Gasteiger partial charge in [-0.15, -0.1) is 18.3 Å². The van der Waals surface area contributed by atoms with Gasteiger partial charge in [0.05, 0.1) is 5.25 Å². The smallest absolute Gasteiger partial charge is 0.322 e. The Morgan fingerprint density at radius 2 is 1.78 bits per heavy atom. The van der Waals surface area contributed by atoms with Gasteiger partial charge in [0.25, 0.3) is 0 Å². The van der Waals surface area contributed by atoms with E-state index in [9.17, 15) is 14.4 Å². The molecule has 8 nitrogen and oxygen atoms in total. The lowest BCUT2D eigenvalue weighted by Gasteiger charge is -2.38. The summed E-state index contributed by atoms with van der Waals surface area (Å²) >= 11 is 1.49. The Kier molecular flexibility index (Phi) is 9.80. The SMILES string of the molecule is C=C(C)CCN1C(=O)[C@H](CC(=O)N2CCC(N3CCc4ccccc4NC3=O)CC2)S[C@H]1c1cccc(F)c1C1CCNCC1. The van der Waals surface area contributed by atoms with Gasteiger partial charge >= 0.3 is 6.03 Å². The van der Waals surface area contributed by atoms with Crippen LogP contribution in [-0.2, 0) is 16.0 Å². The first-order chi connectivity index (χ1) is 21.8. The lowest BCUT2D eigenvalue weighted by molar-refractivity contribution is -0.136. The molecule has 3 saturated heterocycles. The van der Waals surface area contributed by atoms with Crippen molar-refractivity contribution >= 4 is 35.3 Å². The predicted octanol–water partition coefficient (Wildman–Crippen LogP) is 5.67. The third-order valence-corrected chi connectivity index (χ3v) is 11.2. The first kappa shape index (κ1) is 31.6. The summed E-state index contributed by atoms with van der Waals surface area (Å²) in [7, 11) is 0. The fraction of sp³-hybridized carbons (Fsp3) is 0.514. The van der Waals surface area contributed by atoms with Gasteiger partial charge in [-0.3, -0.25) is 9.59 Å². The van der Waals surface area contributed by atoms with E-state index in [0.717, 1.165) is 60.3 Å². The molecule has 45 heavy (non-hydrogen) atoms. The Bertz CT molecular complexity index is 1440. The summed E-state index contributed by atoms with van der Waals surface area (Å²) in [5.74, 6) is -0.207. The minimum Gasteiger partial charge on any atom is -0.342 e. The summed E-state index contributed by atoms with van der Waals surface area (Å²) in [5.41, 5.74) is 4.56. The van der Waals surface area contributed by atoms with Gasteiger partial charge in [0, 0.05) is 44.3 Å². The molecule has 4 amide bonds. The number of halogens is 1. The molecule has 0 radical (unpaired) electrons. The maximum absolute atomic E-state index is 15.4. The first-order valence-electron chi connectivity index (χ1n) is 16.3. The zero-order valence-corrected chi connectivity index (χ0v) is 26.9. The molecule has 0 spiro atoms. The second-order valence-electron chi connectivity index (χ2n) is 12.8. The average molecular weight is 634 g/mol. The summed E-state index contributed by atoms with van der Waals surface area (Å²) < 4.78 is 15.4. The quantitative estimate of drug-likeness (QED) is 0.366. The Morgan fingerprint density at radius 1 is 1.02 bits per heavy atom. The van der Waals surface area contributed by atoms with E-state index >= 15 is 4.39 Å². The zero-order chi connectivity index (χ0) is 31.5. The number of benzene rings is 2. The molecule has 0 aliphatic carbocycles. The second-order valence-corrected chi connectivity index (χ2v) is 14.1. The molecular weight excluding hydrogens is 589 g/mol. The summed E-state index contributed by atoms with van der Waals surface area (Å²) in [4.78, 5) is 46.1. The predicted molar refractivity (Wildman–Crippen MR) is 177 cm³/mol. The van der Waals surface area contributed by atoms with Gasteiger partial charge in [0.15, 0.2) is 0 Å². The molecular formula is C35H44FN5O3S. The Hall–Kier alpha value is -3.37. The minimum atomic E-state index is -0.524. The molecule has 0 bridgehead atoms. The fourth-order valence-corrected chi connectivity index (χ4v) is 8.78. The largest absolute Gasteiger partial charge is 0.342 e. The van der Waals surface area contributed by atoms with Gasteiger partial charge in [0.1, 0.15) is 11.2 Å². The van der Waals surface area contributed by atoms with Gasteiger partial charge in [-0.05, 0) is 93.3 Å². The van der Waals surface area contributed by atoms with E-state index in [0.29, 0.717) is 45.4 Å². The van der Waals surface area contributed by atoms with E-state index in [2.05, 4.69) is 23.3 Å². The molecule has 240 valence electrons. The van der Waals surface area contributed by atoms with E-state index in [1.165, 1.54) is 17.8 Å². The first-order valence-corrected chi connectivity index (χ1v) is 17.3. The maximum Gasteiger partial charge on any atom is 0.322 e. The zero-order valence-electron chi connectivity index (χ0n) is 26.1. The molecule has 10 heteroatoms. The van der Waals surface area contributed by atoms with Gasteiger partial charge < -0.3 is 25.3 Å². The van der Waals surface area contributed by atoms with E-state index in [1.54, 1.807) is 6.07 Å². The number of rotatable bonds is 8. The van der Waals surface area contributed by atoms with Crippen LogP contribution in [-0.4, -0.2) is 83.1 Å². The summed E-state index contributed by atoms with van der Waals surface area (Å²) in [6.07, 6.45) is 4.69. The van der Waals surface area contributed by atoms with Crippen LogP contribution in [0.1, 0.15) is 73.4 Å². The number of likely N-dealkylation sites (tertiary alicyclic amines) is 1. The van der Waals surface area contributed by atoms with Crippen LogP contribution >= 0.6 is 11.8 Å². The normalized spacial score (nSPS) is 23.1. The number of fused-ring (bicyclic) bond motifs is 1. The Morgan fingerprint density at radius 3 is 2.53 bits per heavy atom. The molecule has 3 fully saturated rings.